The van der Waals surface area contributed by atoms with Crippen molar-refractivity contribution >= 4 is 9.84 Å². The van der Waals surface area contributed by atoms with Crippen molar-refractivity contribution in [3.05, 3.63) is 11.7 Å². The van der Waals surface area contributed by atoms with Crippen LogP contribution >= 0.6 is 0 Å². The van der Waals surface area contributed by atoms with Crippen LogP contribution in [-0.4, -0.2) is 31.4 Å². The van der Waals surface area contributed by atoms with E-state index in [0.717, 1.165) is 12.8 Å². The predicted octanol–water partition coefficient (Wildman–Crippen LogP) is 0.285. The minimum absolute atomic E-state index is 0.213. The number of hydrogen-bond donors (Lipinski definition) is 1. The molecule has 0 aliphatic heterocycles. The Morgan fingerprint density at radius 1 is 1.53 bits per heavy atom. The zero-order valence-corrected chi connectivity index (χ0v) is 9.84. The molecule has 1 atom stereocenters. The topological polar surface area (TPSA) is 85.1 Å². The van der Waals surface area contributed by atoms with E-state index in [1.165, 1.54) is 6.92 Å². The summed E-state index contributed by atoms with van der Waals surface area (Å²) in [5.74, 6) is 0.618. The molecule has 1 aromatic rings. The minimum atomic E-state index is -3.17. The molecule has 0 aliphatic carbocycles. The van der Waals surface area contributed by atoms with Crippen LogP contribution in [0.5, 0.6) is 0 Å². The van der Waals surface area contributed by atoms with Gasteiger partial charge in [0.15, 0.2) is 15.7 Å². The molecule has 0 aromatic carbocycles. The van der Waals surface area contributed by atoms with Gasteiger partial charge in [-0.1, -0.05) is 12.1 Å². The van der Waals surface area contributed by atoms with Crippen LogP contribution in [0, 0.1) is 0 Å². The third-order valence-corrected chi connectivity index (χ3v) is 3.51. The smallest absolute Gasteiger partial charge is 0.240 e. The Bertz CT molecular complexity index is 413. The molecule has 0 saturated heterocycles. The van der Waals surface area contributed by atoms with E-state index in [9.17, 15) is 8.42 Å². The maximum absolute atomic E-state index is 11.2. The fourth-order valence-corrected chi connectivity index (χ4v) is 1.41. The summed E-state index contributed by atoms with van der Waals surface area (Å²) in [6.45, 7) is 4.74. The lowest BCUT2D eigenvalue weighted by Crippen LogP contribution is -2.12. The lowest BCUT2D eigenvalue weighted by molar-refractivity contribution is 0.364. The van der Waals surface area contributed by atoms with Gasteiger partial charge in [-0.2, -0.15) is 4.98 Å². The van der Waals surface area contributed by atoms with E-state index in [0.29, 0.717) is 12.4 Å². The monoisotopic (exact) mass is 233 g/mol. The fourth-order valence-electron chi connectivity index (χ4n) is 0.928. The maximum Gasteiger partial charge on any atom is 0.240 e. The zero-order valence-electron chi connectivity index (χ0n) is 9.02. The van der Waals surface area contributed by atoms with Gasteiger partial charge in [-0.3, -0.25) is 0 Å². The first-order chi connectivity index (χ1) is 6.95. The Labute approximate surface area is 89.0 Å². The van der Waals surface area contributed by atoms with Gasteiger partial charge in [-0.25, -0.2) is 8.42 Å². The Morgan fingerprint density at radius 3 is 2.73 bits per heavy atom. The molecule has 0 aliphatic rings. The fraction of sp³-hybridized carbons (Fsp3) is 0.750. The lowest BCUT2D eigenvalue weighted by atomic mass is 10.4. The Morgan fingerprint density at radius 2 is 2.20 bits per heavy atom. The zero-order chi connectivity index (χ0) is 11.5. The molecule has 1 heterocycles. The highest BCUT2D eigenvalue weighted by atomic mass is 32.2. The van der Waals surface area contributed by atoms with Crippen LogP contribution in [0.25, 0.3) is 0 Å². The van der Waals surface area contributed by atoms with E-state index in [1.807, 2.05) is 6.92 Å². The standard InChI is InChI=1S/C8H15N3O3S/c1-4-9-5-7-10-8(11-14-7)6(2)15(3,12)13/h6,9H,4-5H2,1-3H3. The molecule has 7 heteroatoms. The van der Waals surface area contributed by atoms with Crippen LogP contribution in [0.2, 0.25) is 0 Å². The highest BCUT2D eigenvalue weighted by Crippen LogP contribution is 2.17. The minimum Gasteiger partial charge on any atom is -0.338 e. The highest BCUT2D eigenvalue weighted by molar-refractivity contribution is 7.90. The molecule has 0 fully saturated rings. The molecule has 1 N–H and O–H groups in total. The van der Waals surface area contributed by atoms with Gasteiger partial charge in [-0.15, -0.1) is 0 Å². The Hall–Kier alpha value is -0.950. The molecule has 15 heavy (non-hydrogen) atoms. The molecule has 0 spiro atoms. The van der Waals surface area contributed by atoms with Crippen molar-refractivity contribution in [3.8, 4) is 0 Å². The van der Waals surface area contributed by atoms with E-state index in [4.69, 9.17) is 4.52 Å². The largest absolute Gasteiger partial charge is 0.338 e. The van der Waals surface area contributed by atoms with Crippen LogP contribution in [0.4, 0.5) is 0 Å². The summed E-state index contributed by atoms with van der Waals surface area (Å²) in [5.41, 5.74) is 0. The summed E-state index contributed by atoms with van der Waals surface area (Å²) in [5, 5.41) is 5.91. The first-order valence-corrected chi connectivity index (χ1v) is 6.62. The SMILES string of the molecule is CCNCc1nc(C(C)S(C)(=O)=O)no1. The Balaban J connectivity index is 2.76. The van der Waals surface area contributed by atoms with Gasteiger partial charge in [0.1, 0.15) is 5.25 Å². The van der Waals surface area contributed by atoms with E-state index < -0.39 is 15.1 Å². The molecule has 0 bridgehead atoms. The third-order valence-electron chi connectivity index (χ3n) is 2.02. The van der Waals surface area contributed by atoms with Gasteiger partial charge in [0.05, 0.1) is 6.54 Å². The summed E-state index contributed by atoms with van der Waals surface area (Å²) in [4.78, 5) is 3.99. The van der Waals surface area contributed by atoms with E-state index >= 15 is 0 Å². The molecule has 0 radical (unpaired) electrons. The Kier molecular flexibility index (Phi) is 3.81. The number of nitrogens with one attached hydrogen (secondary N) is 1. The van der Waals surface area contributed by atoms with Crippen LogP contribution in [0.15, 0.2) is 4.52 Å². The average molecular weight is 233 g/mol. The molecular weight excluding hydrogens is 218 g/mol. The first kappa shape index (κ1) is 12.1. The second-order valence-corrected chi connectivity index (χ2v) is 5.66. The summed E-state index contributed by atoms with van der Waals surface area (Å²) < 4.78 is 27.3. The normalized spacial score (nSPS) is 14.1. The highest BCUT2D eigenvalue weighted by Gasteiger charge is 2.22. The van der Waals surface area contributed by atoms with E-state index in [2.05, 4.69) is 15.5 Å². The second kappa shape index (κ2) is 4.71. The van der Waals surface area contributed by atoms with Crippen molar-refractivity contribution in [2.45, 2.75) is 25.6 Å². The predicted molar refractivity (Wildman–Crippen MR) is 54.9 cm³/mol. The van der Waals surface area contributed by atoms with Crippen molar-refractivity contribution in [2.75, 3.05) is 12.8 Å². The van der Waals surface area contributed by atoms with Crippen LogP contribution in [-0.2, 0) is 16.4 Å². The quantitative estimate of drug-likeness (QED) is 0.786. The molecule has 0 saturated carbocycles. The van der Waals surface area contributed by atoms with Gasteiger partial charge in [-0.05, 0) is 13.5 Å². The van der Waals surface area contributed by atoms with Crippen molar-refractivity contribution < 1.29 is 12.9 Å². The van der Waals surface area contributed by atoms with Gasteiger partial charge in [0.2, 0.25) is 5.89 Å². The molecule has 86 valence electrons. The molecule has 1 rings (SSSR count). The van der Waals surface area contributed by atoms with Crippen LogP contribution in [0.3, 0.4) is 0 Å². The first-order valence-electron chi connectivity index (χ1n) is 4.67. The molecule has 0 amide bonds. The van der Waals surface area contributed by atoms with Crippen LogP contribution in [0.1, 0.15) is 30.8 Å². The van der Waals surface area contributed by atoms with Crippen molar-refractivity contribution in [3.63, 3.8) is 0 Å². The van der Waals surface area contributed by atoms with Gasteiger partial charge < -0.3 is 9.84 Å². The number of aromatic nitrogens is 2. The third kappa shape index (κ3) is 3.28. The van der Waals surface area contributed by atoms with Gasteiger partial charge in [0.25, 0.3) is 0 Å². The average Bonchev–Trinajstić information content (AvgIpc) is 2.60. The number of rotatable bonds is 5. The van der Waals surface area contributed by atoms with E-state index in [-0.39, 0.29) is 5.82 Å². The second-order valence-electron chi connectivity index (χ2n) is 3.30. The van der Waals surface area contributed by atoms with Crippen molar-refractivity contribution in [1.29, 1.82) is 0 Å². The van der Waals surface area contributed by atoms with Crippen molar-refractivity contribution in [2.24, 2.45) is 0 Å². The van der Waals surface area contributed by atoms with Gasteiger partial charge >= 0.3 is 0 Å². The number of sulfone groups is 1. The van der Waals surface area contributed by atoms with E-state index in [1.54, 1.807) is 0 Å². The van der Waals surface area contributed by atoms with Crippen molar-refractivity contribution in [1.82, 2.24) is 15.5 Å². The number of nitrogens with zero attached hydrogens (tertiary/aromatic N) is 2. The van der Waals surface area contributed by atoms with Gasteiger partial charge in [0, 0.05) is 6.26 Å². The number of hydrogen-bond acceptors (Lipinski definition) is 6. The molecular formula is C8H15N3O3S. The maximum atomic E-state index is 11.2. The lowest BCUT2D eigenvalue weighted by Gasteiger charge is -2.01. The molecule has 1 unspecified atom stereocenters. The molecule has 1 aromatic heterocycles. The van der Waals surface area contributed by atoms with Crippen LogP contribution < -0.4 is 5.32 Å². The molecule has 6 nitrogen and oxygen atoms in total. The summed E-state index contributed by atoms with van der Waals surface area (Å²) >= 11 is 0. The summed E-state index contributed by atoms with van der Waals surface area (Å²) in [6, 6.07) is 0. The summed E-state index contributed by atoms with van der Waals surface area (Å²) in [6.07, 6.45) is 1.15. The summed E-state index contributed by atoms with van der Waals surface area (Å²) in [7, 11) is -3.17.